The number of hydrogen-bond donors (Lipinski definition) is 1. The van der Waals surface area contributed by atoms with Crippen molar-refractivity contribution in [2.75, 3.05) is 14.1 Å². The Kier molecular flexibility index (Phi) is 4.50. The lowest BCUT2D eigenvalue weighted by molar-refractivity contribution is -0.385. The fraction of sp³-hybridized carbons (Fsp3) is 0.200. The highest BCUT2D eigenvalue weighted by atomic mass is 32.1. The molecule has 20 heavy (non-hydrogen) atoms. The van der Waals surface area contributed by atoms with E-state index in [1.807, 2.05) is 0 Å². The molecule has 0 aliphatic carbocycles. The summed E-state index contributed by atoms with van der Waals surface area (Å²) in [4.78, 5) is 21.6. The lowest BCUT2D eigenvalue weighted by Crippen LogP contribution is -2.26. The van der Waals surface area contributed by atoms with Crippen molar-refractivity contribution in [1.82, 2.24) is 4.90 Å². The van der Waals surface area contributed by atoms with Crippen molar-refractivity contribution in [3.63, 3.8) is 0 Å². The third kappa shape index (κ3) is 2.96. The van der Waals surface area contributed by atoms with Crippen LogP contribution in [0.1, 0.15) is 10.4 Å². The van der Waals surface area contributed by atoms with Crippen LogP contribution < -0.4 is 4.74 Å². The van der Waals surface area contributed by atoms with Gasteiger partial charge < -0.3 is 14.7 Å². The van der Waals surface area contributed by atoms with E-state index in [1.165, 1.54) is 19.0 Å². The second-order valence-corrected chi connectivity index (χ2v) is 4.07. The normalized spacial score (nSPS) is 10.0. The first-order chi connectivity index (χ1) is 9.16. The van der Waals surface area contributed by atoms with Gasteiger partial charge >= 0.3 is 11.7 Å². The van der Waals surface area contributed by atoms with Gasteiger partial charge in [-0.15, -0.1) is 0 Å². The molecule has 10 heteroatoms. The summed E-state index contributed by atoms with van der Waals surface area (Å²) in [6, 6.07) is 0.369. The van der Waals surface area contributed by atoms with E-state index in [1.54, 1.807) is 0 Å². The summed E-state index contributed by atoms with van der Waals surface area (Å²) < 4.78 is 31.9. The van der Waals surface area contributed by atoms with Crippen LogP contribution in [0.2, 0.25) is 0 Å². The van der Waals surface area contributed by atoms with Gasteiger partial charge in [0.15, 0.2) is 5.82 Å². The number of thiocarbonyl (C=S) groups is 1. The van der Waals surface area contributed by atoms with Gasteiger partial charge in [-0.25, -0.2) is 9.18 Å². The predicted molar refractivity (Wildman–Crippen MR) is 66.9 cm³/mol. The Morgan fingerprint density at radius 3 is 2.40 bits per heavy atom. The fourth-order valence-corrected chi connectivity index (χ4v) is 1.25. The average molecular weight is 306 g/mol. The van der Waals surface area contributed by atoms with Crippen molar-refractivity contribution in [3.8, 4) is 5.75 Å². The maximum absolute atomic E-state index is 13.7. The molecule has 0 saturated carbocycles. The second-order valence-electron chi connectivity index (χ2n) is 3.73. The van der Waals surface area contributed by atoms with Crippen molar-refractivity contribution in [2.45, 2.75) is 0 Å². The molecule has 0 saturated heterocycles. The van der Waals surface area contributed by atoms with Crippen molar-refractivity contribution in [2.24, 2.45) is 0 Å². The zero-order valence-electron chi connectivity index (χ0n) is 10.2. The van der Waals surface area contributed by atoms with E-state index in [4.69, 9.17) is 9.84 Å². The Morgan fingerprint density at radius 2 is 2.00 bits per heavy atom. The van der Waals surface area contributed by atoms with Gasteiger partial charge in [0.05, 0.1) is 4.92 Å². The highest BCUT2D eigenvalue weighted by molar-refractivity contribution is 7.80. The maximum atomic E-state index is 13.7. The fourth-order valence-electron chi connectivity index (χ4n) is 1.16. The van der Waals surface area contributed by atoms with E-state index in [9.17, 15) is 23.7 Å². The Hall–Kier alpha value is -2.36. The molecule has 0 bridgehead atoms. The van der Waals surface area contributed by atoms with E-state index in [-0.39, 0.29) is 5.17 Å². The second kappa shape index (κ2) is 5.74. The molecule has 0 amide bonds. The first-order valence-electron chi connectivity index (χ1n) is 4.95. The Bertz CT molecular complexity index is 606. The SMILES string of the molecule is CN(C)C(=S)Oc1c([N+](=O)[O-])cc(C(=O)O)c(F)c1F. The number of rotatable bonds is 3. The zero-order chi connectivity index (χ0) is 15.6. The number of carboxylic acid groups (broad SMARTS) is 1. The zero-order valence-corrected chi connectivity index (χ0v) is 11.0. The van der Waals surface area contributed by atoms with Crippen LogP contribution >= 0.6 is 12.2 Å². The number of benzene rings is 1. The topological polar surface area (TPSA) is 92.9 Å². The molecular formula is C10H8F2N2O5S. The van der Waals surface area contributed by atoms with Crippen molar-refractivity contribution in [1.29, 1.82) is 0 Å². The number of nitro benzene ring substituents is 1. The van der Waals surface area contributed by atoms with Crippen LogP contribution in [0.5, 0.6) is 5.75 Å². The molecule has 0 spiro atoms. The number of ether oxygens (including phenoxy) is 1. The molecule has 0 radical (unpaired) electrons. The quantitative estimate of drug-likeness (QED) is 0.517. The number of nitro groups is 1. The molecule has 1 aromatic carbocycles. The van der Waals surface area contributed by atoms with Crippen LogP contribution in [-0.2, 0) is 0 Å². The van der Waals surface area contributed by atoms with Gasteiger partial charge in [0.25, 0.3) is 5.17 Å². The van der Waals surface area contributed by atoms with E-state index < -0.39 is 39.5 Å². The lowest BCUT2D eigenvalue weighted by atomic mass is 10.1. The first-order valence-corrected chi connectivity index (χ1v) is 5.36. The third-order valence-electron chi connectivity index (χ3n) is 2.12. The smallest absolute Gasteiger partial charge is 0.339 e. The molecule has 0 aliphatic heterocycles. The van der Waals surface area contributed by atoms with E-state index >= 15 is 0 Å². The summed E-state index contributed by atoms with van der Waals surface area (Å²) in [5.41, 5.74) is -2.21. The number of hydrogen-bond acceptors (Lipinski definition) is 5. The number of nitrogens with zero attached hydrogens (tertiary/aromatic N) is 2. The molecule has 0 heterocycles. The summed E-state index contributed by atoms with van der Waals surface area (Å²) in [6.07, 6.45) is 0. The van der Waals surface area contributed by atoms with Crippen LogP contribution in [0.25, 0.3) is 0 Å². The van der Waals surface area contributed by atoms with Crippen LogP contribution in [0, 0.1) is 21.7 Å². The van der Waals surface area contributed by atoms with Gasteiger partial charge in [0, 0.05) is 20.2 Å². The number of carboxylic acids is 1. The summed E-state index contributed by atoms with van der Waals surface area (Å²) >= 11 is 4.67. The minimum absolute atomic E-state index is 0.352. The van der Waals surface area contributed by atoms with Crippen molar-refractivity contribution >= 4 is 29.0 Å². The molecule has 0 atom stereocenters. The van der Waals surface area contributed by atoms with Gasteiger partial charge in [-0.3, -0.25) is 10.1 Å². The van der Waals surface area contributed by atoms with Gasteiger partial charge in [-0.05, 0) is 12.2 Å². The third-order valence-corrected chi connectivity index (χ3v) is 2.57. The van der Waals surface area contributed by atoms with Gasteiger partial charge in [0.1, 0.15) is 5.56 Å². The monoisotopic (exact) mass is 306 g/mol. The molecular weight excluding hydrogens is 298 g/mol. The highest BCUT2D eigenvalue weighted by Crippen LogP contribution is 2.34. The molecule has 1 N–H and O–H groups in total. The van der Waals surface area contributed by atoms with Crippen molar-refractivity contribution in [3.05, 3.63) is 33.4 Å². The van der Waals surface area contributed by atoms with Gasteiger partial charge in [-0.2, -0.15) is 4.39 Å². The Morgan fingerprint density at radius 1 is 1.45 bits per heavy atom. The highest BCUT2D eigenvalue weighted by Gasteiger charge is 2.30. The van der Waals surface area contributed by atoms with E-state index in [0.717, 1.165) is 0 Å². The van der Waals surface area contributed by atoms with Crippen molar-refractivity contribution < 1.29 is 28.3 Å². The molecule has 7 nitrogen and oxygen atoms in total. The van der Waals surface area contributed by atoms with Gasteiger partial charge in [-0.1, -0.05) is 0 Å². The molecule has 108 valence electrons. The Balaban J connectivity index is 3.50. The number of carbonyl (C=O) groups is 1. The molecule has 0 unspecified atom stereocenters. The minimum atomic E-state index is -1.84. The maximum Gasteiger partial charge on any atom is 0.339 e. The average Bonchev–Trinajstić information content (AvgIpc) is 2.33. The molecule has 0 aromatic heterocycles. The lowest BCUT2D eigenvalue weighted by Gasteiger charge is -2.15. The van der Waals surface area contributed by atoms with Crippen LogP contribution in [0.4, 0.5) is 14.5 Å². The van der Waals surface area contributed by atoms with Crippen LogP contribution in [0.15, 0.2) is 6.07 Å². The van der Waals surface area contributed by atoms with Gasteiger partial charge in [0.2, 0.25) is 11.6 Å². The predicted octanol–water partition coefficient (Wildman–Crippen LogP) is 1.80. The van der Waals surface area contributed by atoms with E-state index in [2.05, 4.69) is 12.2 Å². The first kappa shape index (κ1) is 15.7. The van der Waals surface area contributed by atoms with Crippen LogP contribution in [-0.4, -0.2) is 40.2 Å². The standard InChI is InChI=1S/C10H8F2N2O5S/c1-13(2)10(20)19-8-5(14(17)18)3-4(9(15)16)6(11)7(8)12/h3H,1-2H3,(H,15,16). The summed E-state index contributed by atoms with van der Waals surface area (Å²) in [7, 11) is 2.85. The largest absolute Gasteiger partial charge is 0.478 e. The number of aromatic carboxylic acids is 1. The minimum Gasteiger partial charge on any atom is -0.478 e. The van der Waals surface area contributed by atoms with E-state index in [0.29, 0.717) is 6.07 Å². The summed E-state index contributed by atoms with van der Waals surface area (Å²) in [5.74, 6) is -6.47. The summed E-state index contributed by atoms with van der Waals surface area (Å²) in [5, 5.41) is 19.1. The Labute approximate surface area is 116 Å². The van der Waals surface area contributed by atoms with Crippen LogP contribution in [0.3, 0.4) is 0 Å². The molecule has 0 fully saturated rings. The number of halogens is 2. The molecule has 1 rings (SSSR count). The molecule has 0 aliphatic rings. The molecule has 1 aromatic rings. The summed E-state index contributed by atoms with van der Waals surface area (Å²) in [6.45, 7) is 0.